The zero-order valence-electron chi connectivity index (χ0n) is 11.4. The lowest BCUT2D eigenvalue weighted by Crippen LogP contribution is -2.26. The molecule has 2 aromatic rings. The number of hydrogen-bond acceptors (Lipinski definition) is 8. The number of aliphatic hydroxyl groups excluding tert-OH is 1. The van der Waals surface area contributed by atoms with Crippen molar-refractivity contribution in [1.82, 2.24) is 24.5 Å². The van der Waals surface area contributed by atoms with Crippen LogP contribution in [-0.2, 0) is 0 Å². The topological polar surface area (TPSA) is 127 Å². The van der Waals surface area contributed by atoms with Crippen molar-refractivity contribution < 1.29 is 5.11 Å². The van der Waals surface area contributed by atoms with Crippen LogP contribution in [0.15, 0.2) is 18.7 Å². The summed E-state index contributed by atoms with van der Waals surface area (Å²) in [6.45, 7) is 4.21. The summed E-state index contributed by atoms with van der Waals surface area (Å²) in [5.74, 6) is 6.42. The number of imidazole rings is 1. The van der Waals surface area contributed by atoms with Crippen LogP contribution in [0.2, 0.25) is 0 Å². The van der Waals surface area contributed by atoms with Gasteiger partial charge in [-0.25, -0.2) is 10.8 Å². The molecule has 0 fully saturated rings. The molecule has 0 saturated heterocycles. The van der Waals surface area contributed by atoms with Crippen molar-refractivity contribution in [3.63, 3.8) is 0 Å². The molecule has 2 aromatic heterocycles. The second-order valence-electron chi connectivity index (χ2n) is 4.59. The minimum absolute atomic E-state index is 0.143. The molecule has 108 valence electrons. The molecule has 1 atom stereocenters. The molecule has 9 nitrogen and oxygen atoms in total. The van der Waals surface area contributed by atoms with Crippen molar-refractivity contribution in [2.45, 2.75) is 20.0 Å². The van der Waals surface area contributed by atoms with Crippen molar-refractivity contribution in [3.8, 4) is 5.95 Å². The second-order valence-corrected chi connectivity index (χ2v) is 4.59. The zero-order valence-corrected chi connectivity index (χ0v) is 11.4. The van der Waals surface area contributed by atoms with Crippen LogP contribution in [0.1, 0.15) is 13.8 Å². The predicted octanol–water partition coefficient (Wildman–Crippen LogP) is -0.228. The molecule has 0 saturated carbocycles. The minimum atomic E-state index is -0.488. The highest BCUT2D eigenvalue weighted by Crippen LogP contribution is 2.09. The first-order valence-corrected chi connectivity index (χ1v) is 6.23. The van der Waals surface area contributed by atoms with E-state index >= 15 is 0 Å². The molecule has 0 bridgehead atoms. The largest absolute Gasteiger partial charge is 0.391 e. The molecule has 0 radical (unpaired) electrons. The highest BCUT2D eigenvalue weighted by molar-refractivity contribution is 5.37. The van der Waals surface area contributed by atoms with Crippen molar-refractivity contribution in [3.05, 3.63) is 18.7 Å². The number of nitrogens with two attached hydrogens (primary N) is 1. The van der Waals surface area contributed by atoms with Gasteiger partial charge in [0.05, 0.1) is 6.10 Å². The minimum Gasteiger partial charge on any atom is -0.391 e. The fourth-order valence-corrected chi connectivity index (χ4v) is 1.43. The standard InChI is InChI=1S/C11H18N8O/c1-7(2)8(20)5-14-9-15-10(18-12)17-11(16-9)19-4-3-13-6-19/h3-4,6-8,20H,5,12H2,1-2H3,(H2,14,15,16,17,18). The van der Waals surface area contributed by atoms with Gasteiger partial charge in [-0.3, -0.25) is 9.99 Å². The van der Waals surface area contributed by atoms with Gasteiger partial charge in [0.1, 0.15) is 6.33 Å². The van der Waals surface area contributed by atoms with E-state index in [1.54, 1.807) is 23.3 Å². The van der Waals surface area contributed by atoms with Crippen LogP contribution in [0.3, 0.4) is 0 Å². The Labute approximate surface area is 116 Å². The van der Waals surface area contributed by atoms with Gasteiger partial charge in [-0.15, -0.1) is 0 Å². The maximum Gasteiger partial charge on any atom is 0.243 e. The molecule has 2 heterocycles. The van der Waals surface area contributed by atoms with Crippen LogP contribution in [0.25, 0.3) is 5.95 Å². The quantitative estimate of drug-likeness (QED) is 0.421. The van der Waals surface area contributed by atoms with Crippen LogP contribution in [-0.4, -0.2) is 42.3 Å². The SMILES string of the molecule is CC(C)C(O)CNc1nc(NN)nc(-n2ccnc2)n1. The van der Waals surface area contributed by atoms with Crippen molar-refractivity contribution in [2.24, 2.45) is 11.8 Å². The van der Waals surface area contributed by atoms with Gasteiger partial charge in [0.15, 0.2) is 0 Å². The summed E-state index contributed by atoms with van der Waals surface area (Å²) in [6.07, 6.45) is 4.41. The first kappa shape index (κ1) is 14.2. The summed E-state index contributed by atoms with van der Waals surface area (Å²) < 4.78 is 1.63. The Morgan fingerprint density at radius 1 is 1.30 bits per heavy atom. The number of nitrogens with zero attached hydrogens (tertiary/aromatic N) is 5. The summed E-state index contributed by atoms with van der Waals surface area (Å²) in [5, 5.41) is 12.7. The van der Waals surface area contributed by atoms with E-state index in [-0.39, 0.29) is 11.9 Å². The summed E-state index contributed by atoms with van der Waals surface area (Å²) in [7, 11) is 0. The monoisotopic (exact) mass is 278 g/mol. The maximum absolute atomic E-state index is 9.78. The lowest BCUT2D eigenvalue weighted by molar-refractivity contribution is 0.137. The number of aromatic nitrogens is 5. The van der Waals surface area contributed by atoms with E-state index in [4.69, 9.17) is 5.84 Å². The van der Waals surface area contributed by atoms with E-state index in [1.807, 2.05) is 13.8 Å². The number of nitrogens with one attached hydrogen (secondary N) is 2. The Balaban J connectivity index is 2.18. The van der Waals surface area contributed by atoms with E-state index in [1.165, 1.54) is 0 Å². The Kier molecular flexibility index (Phi) is 4.43. The van der Waals surface area contributed by atoms with E-state index in [0.29, 0.717) is 18.4 Å². The highest BCUT2D eigenvalue weighted by atomic mass is 16.3. The number of aliphatic hydroxyl groups is 1. The number of anilines is 2. The first-order valence-electron chi connectivity index (χ1n) is 6.23. The molecule has 0 aliphatic heterocycles. The van der Waals surface area contributed by atoms with Crippen molar-refractivity contribution in [2.75, 3.05) is 17.3 Å². The Morgan fingerprint density at radius 2 is 2.05 bits per heavy atom. The second kappa shape index (κ2) is 6.26. The Morgan fingerprint density at radius 3 is 2.65 bits per heavy atom. The van der Waals surface area contributed by atoms with Gasteiger partial charge in [0.25, 0.3) is 0 Å². The molecule has 0 spiro atoms. The molecule has 0 aliphatic rings. The Bertz CT molecular complexity index is 541. The molecule has 0 aromatic carbocycles. The van der Waals surface area contributed by atoms with Gasteiger partial charge in [0, 0.05) is 18.9 Å². The molecule has 1 unspecified atom stereocenters. The Hall–Kier alpha value is -2.26. The molecule has 20 heavy (non-hydrogen) atoms. The molecule has 9 heteroatoms. The average molecular weight is 278 g/mol. The smallest absolute Gasteiger partial charge is 0.243 e. The molecule has 5 N–H and O–H groups in total. The number of rotatable bonds is 6. The number of hydrazine groups is 1. The van der Waals surface area contributed by atoms with Crippen LogP contribution in [0, 0.1) is 5.92 Å². The molecular weight excluding hydrogens is 260 g/mol. The summed E-state index contributed by atoms with van der Waals surface area (Å²) in [4.78, 5) is 16.4. The van der Waals surface area contributed by atoms with E-state index in [9.17, 15) is 5.11 Å². The van der Waals surface area contributed by atoms with Gasteiger partial charge in [-0.2, -0.15) is 15.0 Å². The summed E-state index contributed by atoms with van der Waals surface area (Å²) >= 11 is 0. The third-order valence-electron chi connectivity index (χ3n) is 2.73. The number of hydrogen-bond donors (Lipinski definition) is 4. The van der Waals surface area contributed by atoms with Crippen LogP contribution in [0.5, 0.6) is 0 Å². The highest BCUT2D eigenvalue weighted by Gasteiger charge is 2.11. The lowest BCUT2D eigenvalue weighted by Gasteiger charge is -2.15. The van der Waals surface area contributed by atoms with Crippen LogP contribution in [0.4, 0.5) is 11.9 Å². The normalized spacial score (nSPS) is 12.4. The predicted molar refractivity (Wildman–Crippen MR) is 74.1 cm³/mol. The van der Waals surface area contributed by atoms with Crippen molar-refractivity contribution in [1.29, 1.82) is 0 Å². The van der Waals surface area contributed by atoms with Gasteiger partial charge in [-0.1, -0.05) is 13.8 Å². The fraction of sp³-hybridized carbons (Fsp3) is 0.455. The van der Waals surface area contributed by atoms with Crippen LogP contribution < -0.4 is 16.6 Å². The fourth-order valence-electron chi connectivity index (χ4n) is 1.43. The van der Waals surface area contributed by atoms with E-state index < -0.39 is 6.10 Å². The van der Waals surface area contributed by atoms with Gasteiger partial charge < -0.3 is 10.4 Å². The number of nitrogen functional groups attached to an aromatic ring is 1. The first-order chi connectivity index (χ1) is 9.60. The average Bonchev–Trinajstić information content (AvgIpc) is 2.98. The molecule has 2 rings (SSSR count). The molecule has 0 aliphatic carbocycles. The van der Waals surface area contributed by atoms with Crippen LogP contribution >= 0.6 is 0 Å². The third kappa shape index (κ3) is 3.39. The lowest BCUT2D eigenvalue weighted by atomic mass is 10.1. The van der Waals surface area contributed by atoms with E-state index in [0.717, 1.165) is 0 Å². The van der Waals surface area contributed by atoms with Crippen molar-refractivity contribution >= 4 is 11.9 Å². The molecule has 0 amide bonds. The van der Waals surface area contributed by atoms with Gasteiger partial charge in [0.2, 0.25) is 17.8 Å². The van der Waals surface area contributed by atoms with Gasteiger partial charge in [-0.05, 0) is 5.92 Å². The molecular formula is C11H18N8O. The third-order valence-corrected chi connectivity index (χ3v) is 2.73. The zero-order chi connectivity index (χ0) is 14.5. The summed E-state index contributed by atoms with van der Waals surface area (Å²) in [5.41, 5.74) is 2.38. The van der Waals surface area contributed by atoms with Gasteiger partial charge >= 0.3 is 0 Å². The maximum atomic E-state index is 9.78. The van der Waals surface area contributed by atoms with E-state index in [2.05, 4.69) is 30.7 Å². The summed E-state index contributed by atoms with van der Waals surface area (Å²) in [6, 6.07) is 0.